The van der Waals surface area contributed by atoms with Crippen LogP contribution >= 0.6 is 0 Å². The van der Waals surface area contributed by atoms with Crippen molar-refractivity contribution < 1.29 is 18.0 Å². The highest BCUT2D eigenvalue weighted by Gasteiger charge is 2.34. The number of hydrogen-bond acceptors (Lipinski definition) is 1. The number of carbonyl (C=O) groups is 1. The zero-order valence-electron chi connectivity index (χ0n) is 15.7. The van der Waals surface area contributed by atoms with Gasteiger partial charge in [0.05, 0.1) is 5.56 Å². The Bertz CT molecular complexity index is 644. The molecule has 2 aliphatic rings. The average Bonchev–Trinajstić information content (AvgIpc) is 3.14. The first-order valence-corrected chi connectivity index (χ1v) is 9.80. The summed E-state index contributed by atoms with van der Waals surface area (Å²) in [5, 5.41) is 0. The molecular weight excluding hydrogens is 341 g/mol. The smallest absolute Gasteiger partial charge is 0.339 e. The van der Waals surface area contributed by atoms with Crippen LogP contribution in [0, 0.1) is 19.8 Å². The van der Waals surface area contributed by atoms with Crippen LogP contribution in [0.25, 0.3) is 0 Å². The van der Waals surface area contributed by atoms with Gasteiger partial charge in [-0.05, 0) is 45.1 Å². The van der Waals surface area contributed by atoms with E-state index in [0.717, 1.165) is 25.8 Å². The number of alkyl halides is 3. The maximum atomic E-state index is 13.1. The molecule has 0 radical (unpaired) electrons. The van der Waals surface area contributed by atoms with E-state index in [1.165, 1.54) is 36.7 Å². The van der Waals surface area contributed by atoms with Crippen LogP contribution in [0.3, 0.4) is 0 Å². The number of hydrogen-bond donors (Lipinski definition) is 0. The maximum Gasteiger partial charge on any atom is 0.406 e. The van der Waals surface area contributed by atoms with E-state index in [1.54, 1.807) is 19.9 Å². The van der Waals surface area contributed by atoms with Crippen LogP contribution in [0.2, 0.25) is 0 Å². The SMILES string of the molecule is Cc1cc(C(=O)N2CCC[C@@H]2CC2CCCCC2)c(C)n1CC(F)(F)F. The zero-order valence-corrected chi connectivity index (χ0v) is 15.7. The first-order chi connectivity index (χ1) is 12.3. The normalized spacial score (nSPS) is 22.2. The molecule has 0 spiro atoms. The Morgan fingerprint density at radius 1 is 1.12 bits per heavy atom. The van der Waals surface area contributed by atoms with Gasteiger partial charge in [0.2, 0.25) is 0 Å². The largest absolute Gasteiger partial charge is 0.406 e. The minimum absolute atomic E-state index is 0.0927. The molecule has 1 aromatic heterocycles. The van der Waals surface area contributed by atoms with E-state index in [1.807, 2.05) is 4.90 Å². The molecule has 6 heteroatoms. The van der Waals surface area contributed by atoms with Gasteiger partial charge in [-0.2, -0.15) is 13.2 Å². The number of aromatic nitrogens is 1. The van der Waals surface area contributed by atoms with Gasteiger partial charge in [-0.25, -0.2) is 0 Å². The van der Waals surface area contributed by atoms with Crippen LogP contribution in [0.5, 0.6) is 0 Å². The lowest BCUT2D eigenvalue weighted by atomic mass is 9.84. The van der Waals surface area contributed by atoms with Crippen molar-refractivity contribution in [3.8, 4) is 0 Å². The van der Waals surface area contributed by atoms with Gasteiger partial charge in [-0.1, -0.05) is 32.1 Å². The zero-order chi connectivity index (χ0) is 18.9. The van der Waals surface area contributed by atoms with E-state index in [0.29, 0.717) is 22.9 Å². The summed E-state index contributed by atoms with van der Waals surface area (Å²) in [6, 6.07) is 1.87. The predicted octanol–water partition coefficient (Wildman–Crippen LogP) is 5.24. The Labute approximate surface area is 153 Å². The first kappa shape index (κ1) is 19.3. The number of nitrogens with zero attached hydrogens (tertiary/aromatic N) is 2. The summed E-state index contributed by atoms with van der Waals surface area (Å²) in [6.45, 7) is 2.94. The van der Waals surface area contributed by atoms with Gasteiger partial charge in [0.1, 0.15) is 6.54 Å². The Balaban J connectivity index is 1.74. The lowest BCUT2D eigenvalue weighted by molar-refractivity contribution is -0.141. The average molecular weight is 370 g/mol. The van der Waals surface area contributed by atoms with Gasteiger partial charge in [-0.3, -0.25) is 4.79 Å². The molecule has 2 heterocycles. The molecule has 1 aromatic rings. The molecule has 1 aliphatic carbocycles. The molecule has 1 saturated heterocycles. The maximum absolute atomic E-state index is 13.1. The number of amides is 1. The van der Waals surface area contributed by atoms with Gasteiger partial charge in [0, 0.05) is 24.0 Å². The second-order valence-electron chi connectivity index (χ2n) is 8.02. The number of carbonyl (C=O) groups excluding carboxylic acids is 1. The highest BCUT2D eigenvalue weighted by molar-refractivity contribution is 5.96. The molecule has 26 heavy (non-hydrogen) atoms. The van der Waals surface area contributed by atoms with E-state index >= 15 is 0 Å². The van der Waals surface area contributed by atoms with Gasteiger partial charge >= 0.3 is 6.18 Å². The first-order valence-electron chi connectivity index (χ1n) is 9.80. The van der Waals surface area contributed by atoms with Crippen molar-refractivity contribution in [1.29, 1.82) is 0 Å². The molecule has 1 saturated carbocycles. The lowest BCUT2D eigenvalue weighted by Gasteiger charge is -2.30. The topological polar surface area (TPSA) is 25.2 Å². The summed E-state index contributed by atoms with van der Waals surface area (Å²) in [7, 11) is 0. The van der Waals surface area contributed by atoms with E-state index < -0.39 is 12.7 Å². The van der Waals surface area contributed by atoms with Crippen molar-refractivity contribution in [2.45, 2.75) is 84.0 Å². The molecular formula is C20H29F3N2O. The van der Waals surface area contributed by atoms with E-state index in [9.17, 15) is 18.0 Å². The van der Waals surface area contributed by atoms with Crippen molar-refractivity contribution in [2.24, 2.45) is 5.92 Å². The monoisotopic (exact) mass is 370 g/mol. The van der Waals surface area contributed by atoms with Crippen LogP contribution in [0.4, 0.5) is 13.2 Å². The Kier molecular flexibility index (Phi) is 5.68. The molecule has 1 aliphatic heterocycles. The lowest BCUT2D eigenvalue weighted by Crippen LogP contribution is -2.37. The standard InChI is InChI=1S/C20H29F3N2O/c1-14-11-18(15(2)25(14)13-20(21,22)23)19(26)24-10-6-9-17(24)12-16-7-4-3-5-8-16/h11,16-17H,3-10,12-13H2,1-2H3/t17-/m1/s1. The second-order valence-corrected chi connectivity index (χ2v) is 8.02. The Morgan fingerprint density at radius 3 is 2.46 bits per heavy atom. The van der Waals surface area contributed by atoms with Crippen molar-refractivity contribution in [3.05, 3.63) is 23.0 Å². The third kappa shape index (κ3) is 4.26. The van der Waals surface area contributed by atoms with Crippen molar-refractivity contribution in [2.75, 3.05) is 6.54 Å². The molecule has 0 aromatic carbocycles. The number of halogens is 3. The number of likely N-dealkylation sites (tertiary alicyclic amines) is 1. The third-order valence-corrected chi connectivity index (χ3v) is 6.11. The molecule has 1 amide bonds. The van der Waals surface area contributed by atoms with Crippen molar-refractivity contribution in [3.63, 3.8) is 0 Å². The summed E-state index contributed by atoms with van der Waals surface area (Å²) < 4.78 is 39.7. The summed E-state index contributed by atoms with van der Waals surface area (Å²) >= 11 is 0. The van der Waals surface area contributed by atoms with Gasteiger partial charge in [0.25, 0.3) is 5.91 Å². The highest BCUT2D eigenvalue weighted by Crippen LogP contribution is 2.33. The van der Waals surface area contributed by atoms with Gasteiger partial charge < -0.3 is 9.47 Å². The fraction of sp³-hybridized carbons (Fsp3) is 0.750. The predicted molar refractivity (Wildman–Crippen MR) is 95.2 cm³/mol. The van der Waals surface area contributed by atoms with Crippen LogP contribution in [0.1, 0.15) is 73.1 Å². The summed E-state index contributed by atoms with van der Waals surface area (Å²) in [5.74, 6) is 0.602. The van der Waals surface area contributed by atoms with Crippen LogP contribution in [-0.2, 0) is 6.54 Å². The molecule has 3 nitrogen and oxygen atoms in total. The Morgan fingerprint density at radius 2 is 1.81 bits per heavy atom. The van der Waals surface area contributed by atoms with E-state index in [-0.39, 0.29) is 11.9 Å². The highest BCUT2D eigenvalue weighted by atomic mass is 19.4. The summed E-state index contributed by atoms with van der Waals surface area (Å²) in [6.07, 6.45) is 5.15. The summed E-state index contributed by atoms with van der Waals surface area (Å²) in [5.41, 5.74) is 1.35. The van der Waals surface area contributed by atoms with Crippen LogP contribution < -0.4 is 0 Å². The molecule has 1 atom stereocenters. The quantitative estimate of drug-likeness (QED) is 0.711. The summed E-state index contributed by atoms with van der Waals surface area (Å²) in [4.78, 5) is 15.0. The molecule has 2 fully saturated rings. The van der Waals surface area contributed by atoms with Crippen LogP contribution in [0.15, 0.2) is 6.07 Å². The third-order valence-electron chi connectivity index (χ3n) is 6.11. The molecule has 0 unspecified atom stereocenters. The van der Waals surface area contributed by atoms with Crippen LogP contribution in [-0.4, -0.2) is 34.1 Å². The minimum Gasteiger partial charge on any atom is -0.339 e. The van der Waals surface area contributed by atoms with Gasteiger partial charge in [-0.15, -0.1) is 0 Å². The molecule has 3 rings (SSSR count). The second kappa shape index (κ2) is 7.65. The molecule has 146 valence electrons. The minimum atomic E-state index is -4.29. The number of aryl methyl sites for hydroxylation is 1. The van der Waals surface area contributed by atoms with Gasteiger partial charge in [0.15, 0.2) is 0 Å². The fourth-order valence-electron chi connectivity index (χ4n) is 4.75. The Hall–Kier alpha value is -1.46. The van der Waals surface area contributed by atoms with Crippen molar-refractivity contribution in [1.82, 2.24) is 9.47 Å². The van der Waals surface area contributed by atoms with E-state index in [4.69, 9.17) is 0 Å². The molecule has 0 bridgehead atoms. The van der Waals surface area contributed by atoms with E-state index in [2.05, 4.69) is 0 Å². The van der Waals surface area contributed by atoms with Crippen molar-refractivity contribution >= 4 is 5.91 Å². The number of rotatable bonds is 4. The molecule has 0 N–H and O–H groups in total. The fourth-order valence-corrected chi connectivity index (χ4v) is 4.75.